The van der Waals surface area contributed by atoms with Gasteiger partial charge in [0.25, 0.3) is 0 Å². The van der Waals surface area contributed by atoms with Gasteiger partial charge in [-0.3, -0.25) is 0 Å². The quantitative estimate of drug-likeness (QED) is 0.340. The third kappa shape index (κ3) is 4.16. The van der Waals surface area contributed by atoms with Crippen LogP contribution in [0.25, 0.3) is 11.1 Å². The normalized spacial score (nSPS) is 10.9. The van der Waals surface area contributed by atoms with E-state index in [1.807, 2.05) is 12.1 Å². The van der Waals surface area contributed by atoms with Crippen molar-refractivity contribution >= 4 is 0 Å². The minimum absolute atomic E-state index is 0.0493. The van der Waals surface area contributed by atoms with Crippen molar-refractivity contribution in [2.75, 3.05) is 0 Å². The van der Waals surface area contributed by atoms with Crippen molar-refractivity contribution in [3.05, 3.63) is 88.7 Å². The molecule has 0 aliphatic heterocycles. The monoisotopic (exact) mass is 392 g/mol. The summed E-state index contributed by atoms with van der Waals surface area (Å²) in [5.41, 5.74) is 1.65. The van der Waals surface area contributed by atoms with Crippen LogP contribution in [0.1, 0.15) is 24.5 Å². The molecule has 0 N–H and O–H groups in total. The molecule has 146 valence electrons. The molecular weight excluding hydrogens is 375 g/mol. The Morgan fingerprint density at radius 1 is 0.714 bits per heavy atom. The summed E-state index contributed by atoms with van der Waals surface area (Å²) in [6.07, 6.45) is 1.88. The number of hydrogen-bond acceptors (Lipinski definition) is 1. The van der Waals surface area contributed by atoms with E-state index in [1.165, 1.54) is 12.1 Å². The van der Waals surface area contributed by atoms with E-state index in [-0.39, 0.29) is 11.1 Å². The molecule has 3 aromatic rings. The molecule has 0 bridgehead atoms. The Bertz CT molecular complexity index is 960. The molecule has 0 radical (unpaired) electrons. The predicted molar refractivity (Wildman–Crippen MR) is 96.4 cm³/mol. The topological polar surface area (TPSA) is 9.23 Å². The zero-order chi connectivity index (χ0) is 20.3. The Morgan fingerprint density at radius 3 is 1.96 bits per heavy atom. The van der Waals surface area contributed by atoms with Crippen LogP contribution in [0.2, 0.25) is 0 Å². The molecule has 3 aromatic carbocycles. The molecule has 0 heterocycles. The highest BCUT2D eigenvalue weighted by Gasteiger charge is 2.17. The van der Waals surface area contributed by atoms with E-state index >= 15 is 0 Å². The van der Waals surface area contributed by atoms with Crippen molar-refractivity contribution < 1.29 is 26.7 Å². The number of hydrogen-bond donors (Lipinski definition) is 0. The van der Waals surface area contributed by atoms with Gasteiger partial charge in [-0.05, 0) is 47.4 Å². The van der Waals surface area contributed by atoms with E-state index in [1.54, 1.807) is 12.1 Å². The second kappa shape index (κ2) is 8.42. The van der Waals surface area contributed by atoms with Crippen LogP contribution in [0.4, 0.5) is 22.0 Å². The highest BCUT2D eigenvalue weighted by Crippen LogP contribution is 2.30. The summed E-state index contributed by atoms with van der Waals surface area (Å²) in [4.78, 5) is 0. The van der Waals surface area contributed by atoms with Crippen LogP contribution in [0.15, 0.2) is 48.5 Å². The lowest BCUT2D eigenvalue weighted by atomic mass is 10.0. The van der Waals surface area contributed by atoms with Crippen molar-refractivity contribution in [1.82, 2.24) is 0 Å². The summed E-state index contributed by atoms with van der Waals surface area (Å²) in [6, 6.07) is 11.2. The van der Waals surface area contributed by atoms with Gasteiger partial charge in [-0.25, -0.2) is 17.6 Å². The van der Waals surface area contributed by atoms with Crippen LogP contribution in [-0.2, 0) is 13.0 Å². The van der Waals surface area contributed by atoms with Gasteiger partial charge in [0, 0.05) is 5.56 Å². The molecule has 3 rings (SSSR count). The molecule has 0 spiro atoms. The third-order valence-electron chi connectivity index (χ3n) is 4.29. The molecule has 0 amide bonds. The molecule has 0 aromatic heterocycles. The Kier molecular flexibility index (Phi) is 5.97. The van der Waals surface area contributed by atoms with Gasteiger partial charge < -0.3 is 4.74 Å². The zero-order valence-corrected chi connectivity index (χ0v) is 15.0. The molecule has 28 heavy (non-hydrogen) atoms. The summed E-state index contributed by atoms with van der Waals surface area (Å²) in [6.45, 7) is 1.60. The minimum atomic E-state index is -1.60. The van der Waals surface area contributed by atoms with Gasteiger partial charge in [-0.15, -0.1) is 0 Å². The maximum atomic E-state index is 14.5. The maximum absolute atomic E-state index is 14.5. The molecule has 0 unspecified atom stereocenters. The molecule has 6 heteroatoms. The van der Waals surface area contributed by atoms with Crippen molar-refractivity contribution in [2.45, 2.75) is 26.4 Å². The molecule has 0 saturated heterocycles. The van der Waals surface area contributed by atoms with E-state index in [2.05, 4.69) is 6.92 Å². The SMILES string of the molecule is CCCc1ccc(-c2ccc(OCc3cc(F)c(F)c(F)c3)c(F)c2F)cc1. The summed E-state index contributed by atoms with van der Waals surface area (Å²) in [5.74, 6) is -7.07. The summed E-state index contributed by atoms with van der Waals surface area (Å²) in [7, 11) is 0. The second-order valence-electron chi connectivity index (χ2n) is 6.35. The Morgan fingerprint density at radius 2 is 1.36 bits per heavy atom. The Hall–Kier alpha value is -2.89. The van der Waals surface area contributed by atoms with Gasteiger partial charge in [0.15, 0.2) is 29.0 Å². The molecule has 0 saturated carbocycles. The first-order valence-electron chi connectivity index (χ1n) is 8.74. The van der Waals surface area contributed by atoms with Crippen LogP contribution in [0.5, 0.6) is 5.75 Å². The lowest BCUT2D eigenvalue weighted by Crippen LogP contribution is -2.02. The van der Waals surface area contributed by atoms with E-state index in [4.69, 9.17) is 4.74 Å². The maximum Gasteiger partial charge on any atom is 0.201 e. The van der Waals surface area contributed by atoms with E-state index < -0.39 is 41.4 Å². The Labute approximate surface area is 159 Å². The molecule has 0 atom stereocenters. The van der Waals surface area contributed by atoms with Gasteiger partial charge in [0.05, 0.1) is 0 Å². The van der Waals surface area contributed by atoms with Crippen LogP contribution in [0, 0.1) is 29.1 Å². The predicted octanol–water partition coefficient (Wildman–Crippen LogP) is 6.58. The highest BCUT2D eigenvalue weighted by atomic mass is 19.2. The average Bonchev–Trinajstić information content (AvgIpc) is 2.68. The minimum Gasteiger partial charge on any atom is -0.486 e. The van der Waals surface area contributed by atoms with Crippen LogP contribution < -0.4 is 4.74 Å². The fraction of sp³-hybridized carbons (Fsp3) is 0.182. The summed E-state index contributed by atoms with van der Waals surface area (Å²) in [5, 5.41) is 0. The summed E-state index contributed by atoms with van der Waals surface area (Å²) < 4.78 is 73.4. The molecule has 0 fully saturated rings. The number of benzene rings is 3. The Balaban J connectivity index is 1.80. The van der Waals surface area contributed by atoms with E-state index in [0.717, 1.165) is 30.5 Å². The smallest absolute Gasteiger partial charge is 0.201 e. The standard InChI is InChI=1S/C22H17F5O/c1-2-3-13-4-6-15(7-5-13)16-8-9-19(22(27)20(16)25)28-12-14-10-17(23)21(26)18(24)11-14/h4-11H,2-3,12H2,1H3. The van der Waals surface area contributed by atoms with Crippen molar-refractivity contribution in [3.63, 3.8) is 0 Å². The fourth-order valence-electron chi connectivity index (χ4n) is 2.86. The first-order chi connectivity index (χ1) is 13.4. The second-order valence-corrected chi connectivity index (χ2v) is 6.35. The van der Waals surface area contributed by atoms with Crippen LogP contribution in [0.3, 0.4) is 0 Å². The van der Waals surface area contributed by atoms with Gasteiger partial charge in [-0.1, -0.05) is 37.6 Å². The first-order valence-corrected chi connectivity index (χ1v) is 8.74. The van der Waals surface area contributed by atoms with Crippen LogP contribution in [-0.4, -0.2) is 0 Å². The lowest BCUT2D eigenvalue weighted by Gasteiger charge is -2.11. The number of ether oxygens (including phenoxy) is 1. The average molecular weight is 392 g/mol. The van der Waals surface area contributed by atoms with Gasteiger partial charge in [0.1, 0.15) is 6.61 Å². The van der Waals surface area contributed by atoms with Crippen molar-refractivity contribution in [3.8, 4) is 16.9 Å². The lowest BCUT2D eigenvalue weighted by molar-refractivity contribution is 0.283. The number of halogens is 5. The molecule has 0 aliphatic rings. The molecule has 1 nitrogen and oxygen atoms in total. The van der Waals surface area contributed by atoms with Gasteiger partial charge in [-0.2, -0.15) is 4.39 Å². The zero-order valence-electron chi connectivity index (χ0n) is 15.0. The van der Waals surface area contributed by atoms with E-state index in [9.17, 15) is 22.0 Å². The van der Waals surface area contributed by atoms with E-state index in [0.29, 0.717) is 5.56 Å². The van der Waals surface area contributed by atoms with Crippen LogP contribution >= 0.6 is 0 Å². The largest absolute Gasteiger partial charge is 0.486 e. The van der Waals surface area contributed by atoms with Crippen molar-refractivity contribution in [2.24, 2.45) is 0 Å². The molecular formula is C22H17F5O. The van der Waals surface area contributed by atoms with Gasteiger partial charge in [0.2, 0.25) is 5.82 Å². The first kappa shape index (κ1) is 19.9. The molecule has 0 aliphatic carbocycles. The van der Waals surface area contributed by atoms with Gasteiger partial charge >= 0.3 is 0 Å². The fourth-order valence-corrected chi connectivity index (χ4v) is 2.86. The highest BCUT2D eigenvalue weighted by molar-refractivity contribution is 5.65. The summed E-state index contributed by atoms with van der Waals surface area (Å²) >= 11 is 0. The van der Waals surface area contributed by atoms with Crippen molar-refractivity contribution in [1.29, 1.82) is 0 Å². The number of aryl methyl sites for hydroxylation is 1. The number of rotatable bonds is 6. The third-order valence-corrected chi connectivity index (χ3v) is 4.29.